The Morgan fingerprint density at radius 1 is 1.82 bits per heavy atom. The largest absolute Gasteiger partial charge is 0.330 e. The van der Waals surface area contributed by atoms with Crippen LogP contribution in [0.4, 0.5) is 0 Å². The molecule has 4 heteroatoms. The Labute approximate surface area is 71.2 Å². The van der Waals surface area contributed by atoms with Gasteiger partial charge in [-0.1, -0.05) is 6.92 Å². The molecule has 0 bridgehead atoms. The predicted octanol–water partition coefficient (Wildman–Crippen LogP) is 1.13. The first-order valence-corrected chi connectivity index (χ1v) is 3.98. The van der Waals surface area contributed by atoms with Gasteiger partial charge >= 0.3 is 0 Å². The summed E-state index contributed by atoms with van der Waals surface area (Å²) in [6.07, 6.45) is 3.54. The van der Waals surface area contributed by atoms with Crippen molar-refractivity contribution in [3.8, 4) is 0 Å². The lowest BCUT2D eigenvalue weighted by molar-refractivity contribution is 0.492. The van der Waals surface area contributed by atoms with Gasteiger partial charge < -0.3 is 10.3 Å². The van der Waals surface area contributed by atoms with E-state index in [1.165, 1.54) is 0 Å². The van der Waals surface area contributed by atoms with Crippen molar-refractivity contribution in [1.29, 1.82) is 0 Å². The maximum absolute atomic E-state index is 5.75. The monoisotopic (exact) mass is 173 g/mol. The fourth-order valence-corrected chi connectivity index (χ4v) is 1.04. The smallest absolute Gasteiger partial charge is 0.202 e. The zero-order chi connectivity index (χ0) is 8.27. The molecule has 1 unspecified atom stereocenters. The van der Waals surface area contributed by atoms with Crippen molar-refractivity contribution in [2.75, 3.05) is 6.54 Å². The van der Waals surface area contributed by atoms with Gasteiger partial charge in [-0.2, -0.15) is 0 Å². The normalized spacial score (nSPS) is 13.4. The molecule has 0 aromatic carbocycles. The standard InChI is InChI=1S/C7H12ClN3/c1-6(4-9)5-11-3-2-10-7(11)8/h2-3,6H,4-5,9H2,1H3. The van der Waals surface area contributed by atoms with Crippen molar-refractivity contribution in [2.45, 2.75) is 13.5 Å². The van der Waals surface area contributed by atoms with Crippen LogP contribution in [-0.4, -0.2) is 16.1 Å². The van der Waals surface area contributed by atoms with Crippen LogP contribution >= 0.6 is 11.6 Å². The molecule has 1 aromatic heterocycles. The second kappa shape index (κ2) is 3.74. The molecular weight excluding hydrogens is 162 g/mol. The molecule has 1 heterocycles. The molecule has 0 aliphatic carbocycles. The number of aromatic nitrogens is 2. The van der Waals surface area contributed by atoms with Crippen LogP contribution in [0.15, 0.2) is 12.4 Å². The highest BCUT2D eigenvalue weighted by molar-refractivity contribution is 6.28. The van der Waals surface area contributed by atoms with Gasteiger partial charge in [-0.05, 0) is 24.1 Å². The van der Waals surface area contributed by atoms with E-state index < -0.39 is 0 Å². The van der Waals surface area contributed by atoms with Crippen LogP contribution in [0, 0.1) is 5.92 Å². The molecule has 0 amide bonds. The summed E-state index contributed by atoms with van der Waals surface area (Å²) >= 11 is 5.75. The molecule has 1 atom stereocenters. The number of nitrogens with zero attached hydrogens (tertiary/aromatic N) is 2. The average molecular weight is 174 g/mol. The van der Waals surface area contributed by atoms with Crippen LogP contribution < -0.4 is 5.73 Å². The molecule has 62 valence electrons. The second-order valence-corrected chi connectivity index (χ2v) is 3.03. The Hall–Kier alpha value is -0.540. The highest BCUT2D eigenvalue weighted by Gasteiger charge is 2.02. The van der Waals surface area contributed by atoms with Crippen LogP contribution in [0.5, 0.6) is 0 Å². The molecule has 1 rings (SSSR count). The molecular formula is C7H12ClN3. The summed E-state index contributed by atoms with van der Waals surface area (Å²) in [6.45, 7) is 3.60. The molecule has 2 N–H and O–H groups in total. The third-order valence-corrected chi connectivity index (χ3v) is 1.89. The highest BCUT2D eigenvalue weighted by Crippen LogP contribution is 2.07. The number of rotatable bonds is 3. The molecule has 0 aliphatic rings. The lowest BCUT2D eigenvalue weighted by Crippen LogP contribution is -2.16. The molecule has 0 aliphatic heterocycles. The van der Waals surface area contributed by atoms with E-state index in [-0.39, 0.29) is 0 Å². The van der Waals surface area contributed by atoms with E-state index in [1.807, 2.05) is 10.8 Å². The third kappa shape index (κ3) is 2.20. The summed E-state index contributed by atoms with van der Waals surface area (Å²) in [5.74, 6) is 0.446. The zero-order valence-corrected chi connectivity index (χ0v) is 7.25. The van der Waals surface area contributed by atoms with Crippen molar-refractivity contribution in [3.63, 3.8) is 0 Å². The van der Waals surface area contributed by atoms with Gasteiger partial charge in [0.05, 0.1) is 0 Å². The molecule has 1 aromatic rings. The SMILES string of the molecule is CC(CN)Cn1ccnc1Cl. The molecule has 0 fully saturated rings. The van der Waals surface area contributed by atoms with E-state index in [0.717, 1.165) is 6.54 Å². The van der Waals surface area contributed by atoms with Crippen molar-refractivity contribution in [2.24, 2.45) is 11.7 Å². The van der Waals surface area contributed by atoms with Gasteiger partial charge in [0.25, 0.3) is 0 Å². The van der Waals surface area contributed by atoms with Gasteiger partial charge in [0.2, 0.25) is 5.28 Å². The molecule has 0 saturated heterocycles. The van der Waals surface area contributed by atoms with E-state index in [1.54, 1.807) is 6.20 Å². The van der Waals surface area contributed by atoms with E-state index in [2.05, 4.69) is 11.9 Å². The maximum atomic E-state index is 5.75. The third-order valence-electron chi connectivity index (χ3n) is 1.58. The summed E-state index contributed by atoms with van der Waals surface area (Å²) in [7, 11) is 0. The lowest BCUT2D eigenvalue weighted by Gasteiger charge is -2.08. The summed E-state index contributed by atoms with van der Waals surface area (Å²) in [5, 5.41) is 0.533. The van der Waals surface area contributed by atoms with Crippen LogP contribution in [0.3, 0.4) is 0 Å². The summed E-state index contributed by atoms with van der Waals surface area (Å²) in [5.41, 5.74) is 5.46. The Bertz CT molecular complexity index is 221. The van der Waals surface area contributed by atoms with Crippen molar-refractivity contribution in [1.82, 2.24) is 9.55 Å². The Balaban J connectivity index is 2.56. The van der Waals surface area contributed by atoms with E-state index >= 15 is 0 Å². The number of hydrogen-bond donors (Lipinski definition) is 1. The van der Waals surface area contributed by atoms with Gasteiger partial charge in [0.1, 0.15) is 0 Å². The van der Waals surface area contributed by atoms with Gasteiger partial charge in [-0.25, -0.2) is 4.98 Å². The fourth-order valence-electron chi connectivity index (χ4n) is 0.857. The van der Waals surface area contributed by atoms with Crippen molar-refractivity contribution >= 4 is 11.6 Å². The number of nitrogens with two attached hydrogens (primary N) is 1. The summed E-state index contributed by atoms with van der Waals surface area (Å²) in [6, 6.07) is 0. The zero-order valence-electron chi connectivity index (χ0n) is 6.50. The highest BCUT2D eigenvalue weighted by atomic mass is 35.5. The van der Waals surface area contributed by atoms with Crippen LogP contribution in [0.25, 0.3) is 0 Å². The number of halogens is 1. The first kappa shape index (κ1) is 8.56. The Morgan fingerprint density at radius 2 is 2.55 bits per heavy atom. The summed E-state index contributed by atoms with van der Waals surface area (Å²) < 4.78 is 1.89. The second-order valence-electron chi connectivity index (χ2n) is 2.69. The molecule has 0 spiro atoms. The van der Waals surface area contributed by atoms with E-state index in [9.17, 15) is 0 Å². The Morgan fingerprint density at radius 3 is 3.00 bits per heavy atom. The molecule has 0 radical (unpaired) electrons. The first-order valence-electron chi connectivity index (χ1n) is 3.60. The average Bonchev–Trinajstić information content (AvgIpc) is 2.37. The Kier molecular flexibility index (Phi) is 2.91. The maximum Gasteiger partial charge on any atom is 0.202 e. The van der Waals surface area contributed by atoms with Crippen LogP contribution in [0.2, 0.25) is 5.28 Å². The quantitative estimate of drug-likeness (QED) is 0.745. The minimum absolute atomic E-state index is 0.446. The van der Waals surface area contributed by atoms with Crippen LogP contribution in [0.1, 0.15) is 6.92 Å². The summed E-state index contributed by atoms with van der Waals surface area (Å²) in [4.78, 5) is 3.89. The minimum atomic E-state index is 0.446. The lowest BCUT2D eigenvalue weighted by atomic mass is 10.2. The first-order chi connectivity index (χ1) is 5.24. The predicted molar refractivity (Wildman–Crippen MR) is 45.5 cm³/mol. The number of imidazole rings is 1. The topological polar surface area (TPSA) is 43.8 Å². The van der Waals surface area contributed by atoms with E-state index in [4.69, 9.17) is 17.3 Å². The van der Waals surface area contributed by atoms with Crippen LogP contribution in [-0.2, 0) is 6.54 Å². The van der Waals surface area contributed by atoms with Gasteiger partial charge in [-0.15, -0.1) is 0 Å². The molecule has 0 saturated carbocycles. The molecule has 3 nitrogen and oxygen atoms in total. The fraction of sp³-hybridized carbons (Fsp3) is 0.571. The van der Waals surface area contributed by atoms with Crippen molar-refractivity contribution < 1.29 is 0 Å². The number of hydrogen-bond acceptors (Lipinski definition) is 2. The van der Waals surface area contributed by atoms with Gasteiger partial charge in [0.15, 0.2) is 0 Å². The van der Waals surface area contributed by atoms with Gasteiger partial charge in [-0.3, -0.25) is 0 Å². The van der Waals surface area contributed by atoms with Gasteiger partial charge in [0, 0.05) is 18.9 Å². The van der Waals surface area contributed by atoms with Crippen molar-refractivity contribution in [3.05, 3.63) is 17.7 Å². The molecule has 11 heavy (non-hydrogen) atoms. The minimum Gasteiger partial charge on any atom is -0.330 e. The van der Waals surface area contributed by atoms with E-state index in [0.29, 0.717) is 17.7 Å².